The zero-order valence-electron chi connectivity index (χ0n) is 7.78. The van der Waals surface area contributed by atoms with Gasteiger partial charge in [-0.15, -0.1) is 0 Å². The Kier molecular flexibility index (Phi) is 2.66. The van der Waals surface area contributed by atoms with Gasteiger partial charge in [-0.1, -0.05) is 0 Å². The topological polar surface area (TPSA) is 42.4 Å². The molecule has 0 saturated carbocycles. The lowest BCUT2D eigenvalue weighted by atomic mass is 10.2. The van der Waals surface area contributed by atoms with Crippen LogP contribution in [0.4, 0.5) is 0 Å². The van der Waals surface area contributed by atoms with Crippen molar-refractivity contribution in [2.75, 3.05) is 13.1 Å². The fraction of sp³-hybridized carbons (Fsp3) is 0.600. The van der Waals surface area contributed by atoms with E-state index in [0.717, 1.165) is 25.4 Å². The Bertz CT molecular complexity index is 245. The van der Waals surface area contributed by atoms with Crippen molar-refractivity contribution in [2.24, 2.45) is 5.73 Å². The van der Waals surface area contributed by atoms with Gasteiger partial charge in [0.2, 0.25) is 0 Å². The van der Waals surface area contributed by atoms with Crippen molar-refractivity contribution in [2.45, 2.75) is 25.4 Å². The minimum Gasteiger partial charge on any atom is -0.468 e. The minimum absolute atomic E-state index is 0.560. The van der Waals surface area contributed by atoms with Crippen molar-refractivity contribution >= 4 is 0 Å². The average molecular weight is 180 g/mol. The quantitative estimate of drug-likeness (QED) is 0.760. The van der Waals surface area contributed by atoms with Crippen LogP contribution in [0.3, 0.4) is 0 Å². The van der Waals surface area contributed by atoms with Gasteiger partial charge >= 0.3 is 0 Å². The third kappa shape index (κ3) is 1.92. The summed E-state index contributed by atoms with van der Waals surface area (Å²) >= 11 is 0. The van der Waals surface area contributed by atoms with E-state index in [1.807, 2.05) is 12.1 Å². The molecule has 1 aliphatic heterocycles. The van der Waals surface area contributed by atoms with Crippen LogP contribution in [0.1, 0.15) is 18.6 Å². The summed E-state index contributed by atoms with van der Waals surface area (Å²) in [5.41, 5.74) is 5.68. The second-order valence-electron chi connectivity index (χ2n) is 3.58. The van der Waals surface area contributed by atoms with Crippen molar-refractivity contribution in [3.63, 3.8) is 0 Å². The standard InChI is InChI=1S/C10H16N2O/c11-7-9-3-1-5-12(9)8-10-4-2-6-13-10/h2,4,6,9H,1,3,5,7-8,11H2/t9-/m0/s1. The number of nitrogens with zero attached hydrogens (tertiary/aromatic N) is 1. The SMILES string of the molecule is NC[C@@H]1CCCN1Cc1ccco1. The van der Waals surface area contributed by atoms with Gasteiger partial charge in [0.25, 0.3) is 0 Å². The molecule has 0 unspecified atom stereocenters. The van der Waals surface area contributed by atoms with Gasteiger partial charge in [0.05, 0.1) is 12.8 Å². The van der Waals surface area contributed by atoms with E-state index in [1.165, 1.54) is 12.8 Å². The Balaban J connectivity index is 1.94. The maximum absolute atomic E-state index is 5.68. The van der Waals surface area contributed by atoms with Crippen LogP contribution in [0.25, 0.3) is 0 Å². The van der Waals surface area contributed by atoms with Gasteiger partial charge in [-0.3, -0.25) is 4.90 Å². The highest BCUT2D eigenvalue weighted by molar-refractivity contribution is 4.99. The van der Waals surface area contributed by atoms with E-state index in [4.69, 9.17) is 10.2 Å². The number of likely N-dealkylation sites (tertiary alicyclic amines) is 1. The highest BCUT2D eigenvalue weighted by Crippen LogP contribution is 2.18. The molecule has 1 aliphatic rings. The molecule has 3 nitrogen and oxygen atoms in total. The predicted octanol–water partition coefficient (Wildman–Crippen LogP) is 1.20. The monoisotopic (exact) mass is 180 g/mol. The molecule has 1 atom stereocenters. The molecule has 2 rings (SSSR count). The number of furan rings is 1. The van der Waals surface area contributed by atoms with Crippen LogP contribution in [-0.2, 0) is 6.54 Å². The van der Waals surface area contributed by atoms with Gasteiger partial charge in [0.1, 0.15) is 5.76 Å². The molecule has 2 heterocycles. The van der Waals surface area contributed by atoms with Crippen molar-refractivity contribution < 1.29 is 4.42 Å². The highest BCUT2D eigenvalue weighted by Gasteiger charge is 2.23. The first kappa shape index (κ1) is 8.78. The largest absolute Gasteiger partial charge is 0.468 e. The molecule has 0 radical (unpaired) electrons. The molecule has 0 spiro atoms. The molecular weight excluding hydrogens is 164 g/mol. The lowest BCUT2D eigenvalue weighted by Gasteiger charge is -2.21. The molecule has 0 amide bonds. The number of nitrogens with two attached hydrogens (primary N) is 1. The lowest BCUT2D eigenvalue weighted by molar-refractivity contribution is 0.230. The summed E-state index contributed by atoms with van der Waals surface area (Å²) in [5.74, 6) is 1.04. The molecule has 13 heavy (non-hydrogen) atoms. The fourth-order valence-corrected chi connectivity index (χ4v) is 1.97. The normalized spacial score (nSPS) is 23.9. The minimum atomic E-state index is 0.560. The van der Waals surface area contributed by atoms with Gasteiger partial charge in [-0.25, -0.2) is 0 Å². The Morgan fingerprint density at radius 3 is 3.23 bits per heavy atom. The summed E-state index contributed by atoms with van der Waals surface area (Å²) in [5, 5.41) is 0. The van der Waals surface area contributed by atoms with Crippen LogP contribution >= 0.6 is 0 Å². The van der Waals surface area contributed by atoms with Crippen LogP contribution in [0.15, 0.2) is 22.8 Å². The molecule has 1 saturated heterocycles. The molecule has 1 aromatic rings. The zero-order chi connectivity index (χ0) is 9.10. The van der Waals surface area contributed by atoms with Crippen LogP contribution in [-0.4, -0.2) is 24.0 Å². The van der Waals surface area contributed by atoms with Crippen LogP contribution < -0.4 is 5.73 Å². The lowest BCUT2D eigenvalue weighted by Crippen LogP contribution is -2.34. The summed E-state index contributed by atoms with van der Waals surface area (Å²) in [6.45, 7) is 2.83. The molecule has 1 fully saturated rings. The van der Waals surface area contributed by atoms with E-state index in [9.17, 15) is 0 Å². The van der Waals surface area contributed by atoms with Crippen molar-refractivity contribution in [1.29, 1.82) is 0 Å². The maximum Gasteiger partial charge on any atom is 0.117 e. The first-order valence-corrected chi connectivity index (χ1v) is 4.86. The van der Waals surface area contributed by atoms with Gasteiger partial charge in [0.15, 0.2) is 0 Å². The van der Waals surface area contributed by atoms with Gasteiger partial charge < -0.3 is 10.2 Å². The zero-order valence-corrected chi connectivity index (χ0v) is 7.78. The third-order valence-corrected chi connectivity index (χ3v) is 2.71. The van der Waals surface area contributed by atoms with Crippen LogP contribution in [0.2, 0.25) is 0 Å². The second-order valence-corrected chi connectivity index (χ2v) is 3.58. The van der Waals surface area contributed by atoms with Crippen LogP contribution in [0, 0.1) is 0 Å². The molecule has 2 N–H and O–H groups in total. The molecule has 0 aromatic carbocycles. The molecule has 72 valence electrons. The first-order chi connectivity index (χ1) is 6.40. The smallest absolute Gasteiger partial charge is 0.117 e. The molecule has 3 heteroatoms. The summed E-state index contributed by atoms with van der Waals surface area (Å²) in [6, 6.07) is 4.51. The van der Waals surface area contributed by atoms with Gasteiger partial charge in [-0.2, -0.15) is 0 Å². The maximum atomic E-state index is 5.68. The molecule has 0 bridgehead atoms. The Morgan fingerprint density at radius 1 is 1.62 bits per heavy atom. The van der Waals surface area contributed by atoms with E-state index < -0.39 is 0 Å². The van der Waals surface area contributed by atoms with E-state index in [1.54, 1.807) is 6.26 Å². The molecule has 1 aromatic heterocycles. The number of rotatable bonds is 3. The number of hydrogen-bond acceptors (Lipinski definition) is 3. The van der Waals surface area contributed by atoms with Crippen molar-refractivity contribution in [3.05, 3.63) is 24.2 Å². The Morgan fingerprint density at radius 2 is 2.54 bits per heavy atom. The van der Waals surface area contributed by atoms with Gasteiger partial charge in [0, 0.05) is 12.6 Å². The Labute approximate surface area is 78.5 Å². The number of hydrogen-bond donors (Lipinski definition) is 1. The average Bonchev–Trinajstić information content (AvgIpc) is 2.76. The Hall–Kier alpha value is -0.800. The van der Waals surface area contributed by atoms with E-state index in [-0.39, 0.29) is 0 Å². The van der Waals surface area contributed by atoms with E-state index in [2.05, 4.69) is 4.90 Å². The van der Waals surface area contributed by atoms with Crippen molar-refractivity contribution in [3.8, 4) is 0 Å². The van der Waals surface area contributed by atoms with E-state index >= 15 is 0 Å². The molecular formula is C10H16N2O. The fourth-order valence-electron chi connectivity index (χ4n) is 1.97. The summed E-state index contributed by atoms with van der Waals surface area (Å²) in [7, 11) is 0. The second kappa shape index (κ2) is 3.94. The highest BCUT2D eigenvalue weighted by atomic mass is 16.3. The summed E-state index contributed by atoms with van der Waals surface area (Å²) in [4.78, 5) is 2.40. The summed E-state index contributed by atoms with van der Waals surface area (Å²) in [6.07, 6.45) is 4.22. The third-order valence-electron chi connectivity index (χ3n) is 2.71. The van der Waals surface area contributed by atoms with Crippen molar-refractivity contribution in [1.82, 2.24) is 4.90 Å². The molecule has 0 aliphatic carbocycles. The predicted molar refractivity (Wildman–Crippen MR) is 51.2 cm³/mol. The van der Waals surface area contributed by atoms with E-state index in [0.29, 0.717) is 6.04 Å². The first-order valence-electron chi connectivity index (χ1n) is 4.86. The van der Waals surface area contributed by atoms with Crippen LogP contribution in [0.5, 0.6) is 0 Å². The van der Waals surface area contributed by atoms with Gasteiger partial charge in [-0.05, 0) is 31.5 Å². The summed E-state index contributed by atoms with van der Waals surface area (Å²) < 4.78 is 5.31.